The Bertz CT molecular complexity index is 671. The smallest absolute Gasteiger partial charge is 0.337 e. The number of methoxy groups -OCH3 is 1. The molecule has 0 unspecified atom stereocenters. The third kappa shape index (κ3) is 5.85. The number of benzene rings is 2. The van der Waals surface area contributed by atoms with Crippen molar-refractivity contribution in [1.82, 2.24) is 5.32 Å². The summed E-state index contributed by atoms with van der Waals surface area (Å²) < 4.78 is 4.66. The highest BCUT2D eigenvalue weighted by Gasteiger charge is 2.07. The van der Waals surface area contributed by atoms with Crippen LogP contribution in [0.3, 0.4) is 0 Å². The van der Waals surface area contributed by atoms with E-state index in [9.17, 15) is 9.59 Å². The van der Waals surface area contributed by atoms with E-state index in [0.29, 0.717) is 11.3 Å². The van der Waals surface area contributed by atoms with Crippen LogP contribution in [0, 0.1) is 0 Å². The van der Waals surface area contributed by atoms with Crippen LogP contribution in [-0.4, -0.2) is 32.1 Å². The summed E-state index contributed by atoms with van der Waals surface area (Å²) >= 11 is 0. The number of esters is 1. The van der Waals surface area contributed by atoms with Crippen LogP contribution in [0.1, 0.15) is 22.3 Å². The SMILES string of the molecule is COC(=O)c1cccc(NC(=O)CNCCCc2ccccc2)c1. The zero-order valence-electron chi connectivity index (χ0n) is 13.7. The monoisotopic (exact) mass is 326 g/mol. The molecule has 0 heterocycles. The van der Waals surface area contributed by atoms with Crippen LogP contribution in [0.5, 0.6) is 0 Å². The Balaban J connectivity index is 1.69. The van der Waals surface area contributed by atoms with E-state index in [2.05, 4.69) is 27.5 Å². The largest absolute Gasteiger partial charge is 0.465 e. The van der Waals surface area contributed by atoms with Crippen LogP contribution >= 0.6 is 0 Å². The number of anilines is 1. The molecule has 0 spiro atoms. The van der Waals surface area contributed by atoms with Gasteiger partial charge in [0.2, 0.25) is 5.91 Å². The van der Waals surface area contributed by atoms with Crippen LogP contribution < -0.4 is 10.6 Å². The summed E-state index contributed by atoms with van der Waals surface area (Å²) in [6.45, 7) is 1.00. The lowest BCUT2D eigenvalue weighted by atomic mass is 10.1. The Morgan fingerprint density at radius 3 is 2.58 bits per heavy atom. The molecule has 0 bridgehead atoms. The average molecular weight is 326 g/mol. The van der Waals surface area contributed by atoms with Gasteiger partial charge in [0, 0.05) is 5.69 Å². The quantitative estimate of drug-likeness (QED) is 0.578. The Morgan fingerprint density at radius 2 is 1.83 bits per heavy atom. The van der Waals surface area contributed by atoms with Crippen molar-refractivity contribution in [2.24, 2.45) is 0 Å². The van der Waals surface area contributed by atoms with Gasteiger partial charge in [0.1, 0.15) is 0 Å². The molecule has 0 aliphatic rings. The van der Waals surface area contributed by atoms with E-state index in [1.165, 1.54) is 12.7 Å². The van der Waals surface area contributed by atoms with Crippen LogP contribution in [0.25, 0.3) is 0 Å². The fourth-order valence-corrected chi connectivity index (χ4v) is 2.31. The summed E-state index contributed by atoms with van der Waals surface area (Å²) in [5.74, 6) is -0.568. The van der Waals surface area contributed by atoms with Crippen molar-refractivity contribution in [2.75, 3.05) is 25.5 Å². The zero-order valence-corrected chi connectivity index (χ0v) is 13.7. The van der Waals surface area contributed by atoms with E-state index in [-0.39, 0.29) is 12.5 Å². The third-order valence-electron chi connectivity index (χ3n) is 3.51. The van der Waals surface area contributed by atoms with Crippen molar-refractivity contribution in [3.8, 4) is 0 Å². The first kappa shape index (κ1) is 17.7. The molecule has 5 heteroatoms. The van der Waals surface area contributed by atoms with Crippen molar-refractivity contribution in [3.05, 3.63) is 65.7 Å². The van der Waals surface area contributed by atoms with Gasteiger partial charge < -0.3 is 15.4 Å². The molecule has 2 N–H and O–H groups in total. The molecule has 0 saturated carbocycles. The van der Waals surface area contributed by atoms with E-state index in [0.717, 1.165) is 19.4 Å². The summed E-state index contributed by atoms with van der Waals surface area (Å²) in [5, 5.41) is 5.88. The van der Waals surface area contributed by atoms with Gasteiger partial charge in [-0.2, -0.15) is 0 Å². The minimum Gasteiger partial charge on any atom is -0.465 e. The second-order valence-corrected chi connectivity index (χ2v) is 5.39. The topological polar surface area (TPSA) is 67.4 Å². The average Bonchev–Trinajstić information content (AvgIpc) is 2.62. The molecule has 2 aromatic rings. The molecule has 0 fully saturated rings. The van der Waals surface area contributed by atoms with Crippen molar-refractivity contribution >= 4 is 17.6 Å². The summed E-state index contributed by atoms with van der Waals surface area (Å²) in [7, 11) is 1.33. The van der Waals surface area contributed by atoms with Gasteiger partial charge in [0.05, 0.1) is 19.2 Å². The molecule has 0 saturated heterocycles. The standard InChI is InChI=1S/C19H22N2O3/c1-24-19(23)16-10-5-11-17(13-16)21-18(22)14-20-12-6-9-15-7-3-2-4-8-15/h2-5,7-8,10-11,13,20H,6,9,12,14H2,1H3,(H,21,22). The minimum absolute atomic E-state index is 0.142. The first-order chi connectivity index (χ1) is 11.7. The first-order valence-electron chi connectivity index (χ1n) is 7.92. The predicted octanol–water partition coefficient (Wildman–Crippen LogP) is 2.63. The molecular weight excluding hydrogens is 304 g/mol. The summed E-state index contributed by atoms with van der Waals surface area (Å²) in [5.41, 5.74) is 2.28. The van der Waals surface area contributed by atoms with Gasteiger partial charge in [-0.1, -0.05) is 36.4 Å². The van der Waals surface area contributed by atoms with Gasteiger partial charge in [0.25, 0.3) is 0 Å². The lowest BCUT2D eigenvalue weighted by Crippen LogP contribution is -2.29. The van der Waals surface area contributed by atoms with Gasteiger partial charge in [-0.05, 0) is 43.1 Å². The molecule has 5 nitrogen and oxygen atoms in total. The molecule has 1 amide bonds. The van der Waals surface area contributed by atoms with Crippen molar-refractivity contribution in [3.63, 3.8) is 0 Å². The van der Waals surface area contributed by atoms with Gasteiger partial charge in [-0.3, -0.25) is 4.79 Å². The molecule has 2 aromatic carbocycles. The Morgan fingerprint density at radius 1 is 1.04 bits per heavy atom. The maximum absolute atomic E-state index is 11.9. The number of carbonyl (C=O) groups is 2. The second kappa shape index (κ2) is 9.47. The molecular formula is C19H22N2O3. The Labute approximate surface area is 142 Å². The summed E-state index contributed by atoms with van der Waals surface area (Å²) in [6, 6.07) is 16.9. The molecule has 0 aliphatic heterocycles. The second-order valence-electron chi connectivity index (χ2n) is 5.39. The van der Waals surface area contributed by atoms with Crippen LogP contribution in [0.2, 0.25) is 0 Å². The van der Waals surface area contributed by atoms with Crippen molar-refractivity contribution in [1.29, 1.82) is 0 Å². The maximum Gasteiger partial charge on any atom is 0.337 e. The highest BCUT2D eigenvalue weighted by Crippen LogP contribution is 2.11. The first-order valence-corrected chi connectivity index (χ1v) is 7.92. The van der Waals surface area contributed by atoms with E-state index < -0.39 is 5.97 Å². The number of hydrogen-bond donors (Lipinski definition) is 2. The fraction of sp³-hybridized carbons (Fsp3) is 0.263. The minimum atomic E-state index is -0.426. The predicted molar refractivity (Wildman–Crippen MR) is 94.0 cm³/mol. The van der Waals surface area contributed by atoms with Crippen LogP contribution in [0.15, 0.2) is 54.6 Å². The highest BCUT2D eigenvalue weighted by molar-refractivity contribution is 5.95. The lowest BCUT2D eigenvalue weighted by molar-refractivity contribution is -0.115. The van der Waals surface area contributed by atoms with Crippen molar-refractivity contribution < 1.29 is 14.3 Å². The maximum atomic E-state index is 11.9. The van der Waals surface area contributed by atoms with Crippen LogP contribution in [-0.2, 0) is 16.0 Å². The number of amides is 1. The summed E-state index contributed by atoms with van der Waals surface area (Å²) in [4.78, 5) is 23.4. The molecule has 2 rings (SSSR count). The summed E-state index contributed by atoms with van der Waals surface area (Å²) in [6.07, 6.45) is 1.95. The Kier molecular flexibility index (Phi) is 6.98. The van der Waals surface area contributed by atoms with E-state index in [1.807, 2.05) is 18.2 Å². The molecule has 0 aromatic heterocycles. The van der Waals surface area contributed by atoms with Crippen LogP contribution in [0.4, 0.5) is 5.69 Å². The molecule has 0 aliphatic carbocycles. The Hall–Kier alpha value is -2.66. The molecule has 24 heavy (non-hydrogen) atoms. The van der Waals surface area contributed by atoms with E-state index in [1.54, 1.807) is 24.3 Å². The zero-order chi connectivity index (χ0) is 17.2. The molecule has 0 atom stereocenters. The number of rotatable bonds is 8. The van der Waals surface area contributed by atoms with E-state index in [4.69, 9.17) is 0 Å². The third-order valence-corrected chi connectivity index (χ3v) is 3.51. The fourth-order valence-electron chi connectivity index (χ4n) is 2.31. The van der Waals surface area contributed by atoms with Gasteiger partial charge in [-0.15, -0.1) is 0 Å². The number of carbonyl (C=O) groups excluding carboxylic acids is 2. The van der Waals surface area contributed by atoms with E-state index >= 15 is 0 Å². The number of nitrogens with one attached hydrogen (secondary N) is 2. The number of hydrogen-bond acceptors (Lipinski definition) is 4. The molecule has 0 radical (unpaired) electrons. The normalized spacial score (nSPS) is 10.2. The lowest BCUT2D eigenvalue weighted by Gasteiger charge is -2.08. The van der Waals surface area contributed by atoms with Gasteiger partial charge in [-0.25, -0.2) is 4.79 Å². The molecule has 126 valence electrons. The van der Waals surface area contributed by atoms with Gasteiger partial charge >= 0.3 is 5.97 Å². The number of ether oxygens (including phenoxy) is 1. The number of aryl methyl sites for hydroxylation is 1. The van der Waals surface area contributed by atoms with Crippen molar-refractivity contribution in [2.45, 2.75) is 12.8 Å². The highest BCUT2D eigenvalue weighted by atomic mass is 16.5. The van der Waals surface area contributed by atoms with Gasteiger partial charge in [0.15, 0.2) is 0 Å².